The van der Waals surface area contributed by atoms with Crippen LogP contribution in [-0.4, -0.2) is 37.9 Å². The van der Waals surface area contributed by atoms with Crippen LogP contribution in [0.25, 0.3) is 0 Å². The first-order valence-electron chi connectivity index (χ1n) is 6.71. The molecule has 1 aliphatic heterocycles. The summed E-state index contributed by atoms with van der Waals surface area (Å²) in [5.41, 5.74) is 0.359. The van der Waals surface area contributed by atoms with E-state index in [9.17, 15) is 17.6 Å². The summed E-state index contributed by atoms with van der Waals surface area (Å²) in [5.74, 6) is -0.712. The van der Waals surface area contributed by atoms with Crippen molar-refractivity contribution in [3.05, 3.63) is 34.6 Å². The molecule has 1 aromatic rings. The van der Waals surface area contributed by atoms with Crippen molar-refractivity contribution in [3.8, 4) is 0 Å². The lowest BCUT2D eigenvalue weighted by Crippen LogP contribution is -2.39. The molecule has 0 spiro atoms. The van der Waals surface area contributed by atoms with Gasteiger partial charge in [-0.05, 0) is 37.0 Å². The van der Waals surface area contributed by atoms with Crippen molar-refractivity contribution in [2.75, 3.05) is 19.3 Å². The molecule has 2 rings (SSSR count). The zero-order valence-corrected chi connectivity index (χ0v) is 13.3. The van der Waals surface area contributed by atoms with Gasteiger partial charge in [-0.2, -0.15) is 0 Å². The number of halogens is 2. The third-order valence-electron chi connectivity index (χ3n) is 3.67. The molecule has 0 N–H and O–H groups in total. The molecule has 0 saturated carbocycles. The van der Waals surface area contributed by atoms with Crippen molar-refractivity contribution < 1.29 is 17.6 Å². The van der Waals surface area contributed by atoms with Crippen molar-refractivity contribution in [2.45, 2.75) is 19.3 Å². The van der Waals surface area contributed by atoms with Crippen molar-refractivity contribution in [1.29, 1.82) is 0 Å². The Morgan fingerprint density at radius 3 is 2.81 bits per heavy atom. The smallest absolute Gasteiger partial charge is 0.211 e. The maximum atomic E-state index is 13.1. The number of carbonyl (C=O) groups is 1. The highest BCUT2D eigenvalue weighted by atomic mass is 35.5. The lowest BCUT2D eigenvalue weighted by atomic mass is 9.92. The minimum atomic E-state index is -3.22. The fourth-order valence-corrected chi connectivity index (χ4v) is 3.67. The van der Waals surface area contributed by atoms with Gasteiger partial charge < -0.3 is 0 Å². The largest absolute Gasteiger partial charge is 0.294 e. The molecule has 1 aromatic carbocycles. The van der Waals surface area contributed by atoms with Crippen molar-refractivity contribution >= 4 is 27.4 Å². The highest BCUT2D eigenvalue weighted by molar-refractivity contribution is 7.88. The van der Waals surface area contributed by atoms with Gasteiger partial charge >= 0.3 is 0 Å². The molecule has 4 nitrogen and oxygen atoms in total. The third-order valence-corrected chi connectivity index (χ3v) is 5.23. The monoisotopic (exact) mass is 333 g/mol. The van der Waals surface area contributed by atoms with E-state index in [4.69, 9.17) is 11.6 Å². The summed E-state index contributed by atoms with van der Waals surface area (Å²) in [4.78, 5) is 12.2. The fraction of sp³-hybridized carbons (Fsp3) is 0.500. The van der Waals surface area contributed by atoms with E-state index in [0.29, 0.717) is 18.7 Å². The van der Waals surface area contributed by atoms with Crippen LogP contribution in [-0.2, 0) is 10.0 Å². The molecule has 0 radical (unpaired) electrons. The lowest BCUT2D eigenvalue weighted by Gasteiger charge is -2.30. The molecule has 0 amide bonds. The number of hydrogen-bond acceptors (Lipinski definition) is 3. The Kier molecular flexibility index (Phi) is 5.01. The Morgan fingerprint density at radius 2 is 2.19 bits per heavy atom. The predicted molar refractivity (Wildman–Crippen MR) is 79.5 cm³/mol. The molecular formula is C14H17ClFNO3S. The van der Waals surface area contributed by atoms with Gasteiger partial charge in [0.05, 0.1) is 11.3 Å². The van der Waals surface area contributed by atoms with Gasteiger partial charge in [-0.25, -0.2) is 17.1 Å². The number of sulfonamides is 1. The normalized spacial score (nSPS) is 20.4. The molecule has 1 aliphatic rings. The second kappa shape index (κ2) is 6.42. The number of nitrogens with zero attached hydrogens (tertiary/aromatic N) is 1. The number of Topliss-reactive ketones (excluding diaryl/α,β-unsaturated/α-hetero) is 1. The van der Waals surface area contributed by atoms with E-state index in [1.54, 1.807) is 0 Å². The molecule has 0 bridgehead atoms. The second-order valence-electron chi connectivity index (χ2n) is 5.39. The Balaban J connectivity index is 2.03. The Hall–Kier alpha value is -0.980. The highest BCUT2D eigenvalue weighted by Crippen LogP contribution is 2.24. The molecule has 1 atom stereocenters. The van der Waals surface area contributed by atoms with Crippen LogP contribution in [0.3, 0.4) is 0 Å². The van der Waals surface area contributed by atoms with Crippen LogP contribution in [0.1, 0.15) is 29.6 Å². The van der Waals surface area contributed by atoms with Gasteiger partial charge in [-0.15, -0.1) is 0 Å². The Bertz CT molecular complexity index is 648. The van der Waals surface area contributed by atoms with E-state index in [1.807, 2.05) is 0 Å². The Labute approximate surface area is 128 Å². The second-order valence-corrected chi connectivity index (χ2v) is 7.78. The summed E-state index contributed by atoms with van der Waals surface area (Å²) in [6, 6.07) is 3.89. The van der Waals surface area contributed by atoms with E-state index >= 15 is 0 Å². The molecule has 1 unspecified atom stereocenters. The molecule has 1 fully saturated rings. The van der Waals surface area contributed by atoms with Crippen LogP contribution < -0.4 is 0 Å². The van der Waals surface area contributed by atoms with Crippen LogP contribution in [0.2, 0.25) is 5.02 Å². The average molecular weight is 334 g/mol. The number of carbonyl (C=O) groups excluding carboxylic acids is 1. The molecule has 21 heavy (non-hydrogen) atoms. The molecular weight excluding hydrogens is 317 g/mol. The molecule has 0 aliphatic carbocycles. The number of hydrogen-bond donors (Lipinski definition) is 0. The van der Waals surface area contributed by atoms with Gasteiger partial charge in [0.15, 0.2) is 5.78 Å². The van der Waals surface area contributed by atoms with Crippen molar-refractivity contribution in [1.82, 2.24) is 4.31 Å². The van der Waals surface area contributed by atoms with E-state index in [0.717, 1.165) is 12.8 Å². The Morgan fingerprint density at radius 1 is 1.48 bits per heavy atom. The molecule has 1 saturated heterocycles. The number of rotatable bonds is 4. The summed E-state index contributed by atoms with van der Waals surface area (Å²) >= 11 is 5.67. The van der Waals surface area contributed by atoms with Crippen LogP contribution in [0.4, 0.5) is 4.39 Å². The van der Waals surface area contributed by atoms with E-state index < -0.39 is 15.8 Å². The summed E-state index contributed by atoms with van der Waals surface area (Å²) in [5, 5.41) is -0.0812. The quantitative estimate of drug-likeness (QED) is 0.796. The first-order chi connectivity index (χ1) is 9.77. The van der Waals surface area contributed by atoms with Crippen LogP contribution >= 0.6 is 11.6 Å². The standard InChI is InChI=1S/C14H17ClFNO3S/c1-21(19,20)17-6-2-3-10(9-17)7-14(18)11-4-5-13(16)12(15)8-11/h4-5,8,10H,2-3,6-7,9H2,1H3. The van der Waals surface area contributed by atoms with Crippen molar-refractivity contribution in [2.24, 2.45) is 5.92 Å². The lowest BCUT2D eigenvalue weighted by molar-refractivity contribution is 0.0942. The zero-order valence-electron chi connectivity index (χ0n) is 11.7. The average Bonchev–Trinajstić information content (AvgIpc) is 2.41. The SMILES string of the molecule is CS(=O)(=O)N1CCCC(CC(=O)c2ccc(F)c(Cl)c2)C1. The summed E-state index contributed by atoms with van der Waals surface area (Å²) in [7, 11) is -3.22. The topological polar surface area (TPSA) is 54.5 Å². The van der Waals surface area contributed by atoms with E-state index in [2.05, 4.69) is 0 Å². The van der Waals surface area contributed by atoms with Crippen LogP contribution in [0, 0.1) is 11.7 Å². The fourth-order valence-electron chi connectivity index (χ4n) is 2.54. The van der Waals surface area contributed by atoms with Crippen LogP contribution in [0.15, 0.2) is 18.2 Å². The van der Waals surface area contributed by atoms with Gasteiger partial charge in [0.2, 0.25) is 10.0 Å². The minimum Gasteiger partial charge on any atom is -0.294 e. The number of benzene rings is 1. The van der Waals surface area contributed by atoms with Gasteiger partial charge in [0.1, 0.15) is 5.82 Å². The molecule has 116 valence electrons. The first-order valence-corrected chi connectivity index (χ1v) is 8.93. The summed E-state index contributed by atoms with van der Waals surface area (Å²) < 4.78 is 37.6. The van der Waals surface area contributed by atoms with Crippen LogP contribution in [0.5, 0.6) is 0 Å². The van der Waals surface area contributed by atoms with Gasteiger partial charge in [-0.3, -0.25) is 4.79 Å². The van der Waals surface area contributed by atoms with Gasteiger partial charge in [-0.1, -0.05) is 11.6 Å². The number of piperidine rings is 1. The molecule has 0 aromatic heterocycles. The molecule has 7 heteroatoms. The van der Waals surface area contributed by atoms with Crippen molar-refractivity contribution in [3.63, 3.8) is 0 Å². The van der Waals surface area contributed by atoms with Gasteiger partial charge in [0.25, 0.3) is 0 Å². The summed E-state index contributed by atoms with van der Waals surface area (Å²) in [6.45, 7) is 0.866. The van der Waals surface area contributed by atoms with Gasteiger partial charge in [0, 0.05) is 25.1 Å². The first kappa shape index (κ1) is 16.4. The minimum absolute atomic E-state index is 0.00944. The summed E-state index contributed by atoms with van der Waals surface area (Å²) in [6.07, 6.45) is 2.98. The molecule has 1 heterocycles. The highest BCUT2D eigenvalue weighted by Gasteiger charge is 2.27. The predicted octanol–water partition coefficient (Wildman–Crippen LogP) is 2.72. The number of ketones is 1. The third kappa shape index (κ3) is 4.25. The maximum absolute atomic E-state index is 13.1. The maximum Gasteiger partial charge on any atom is 0.211 e. The van der Waals surface area contributed by atoms with E-state index in [-0.39, 0.29) is 23.1 Å². The van der Waals surface area contributed by atoms with E-state index in [1.165, 1.54) is 28.8 Å². The zero-order chi connectivity index (χ0) is 15.6.